The standard InChI is InChI=1S/C25H32Cl2N2O4/c1-24(2,3)29-22(30)21(28-23(31)33-25(4,5)6)14-16-10-12-17(13-11-16)32-15-18-19(26)8-7-9-20(18)27/h7-13,21H,14-15H2,1-6H3,(H,28,31)(H,29,30)/t21-/m0/s1. The summed E-state index contributed by atoms with van der Waals surface area (Å²) in [7, 11) is 0. The third-order valence-corrected chi connectivity index (χ3v) is 5.02. The lowest BCUT2D eigenvalue weighted by atomic mass is 10.0. The highest BCUT2D eigenvalue weighted by Gasteiger charge is 2.27. The minimum absolute atomic E-state index is 0.231. The maximum absolute atomic E-state index is 12.8. The highest BCUT2D eigenvalue weighted by molar-refractivity contribution is 6.35. The Morgan fingerprint density at radius 3 is 2.03 bits per heavy atom. The average molecular weight is 495 g/mol. The van der Waals surface area contributed by atoms with Crippen molar-refractivity contribution in [2.24, 2.45) is 0 Å². The van der Waals surface area contributed by atoms with Gasteiger partial charge in [-0.1, -0.05) is 41.4 Å². The molecule has 33 heavy (non-hydrogen) atoms. The number of ether oxygens (including phenoxy) is 2. The summed E-state index contributed by atoms with van der Waals surface area (Å²) in [5.41, 5.74) is 0.454. The van der Waals surface area contributed by atoms with Gasteiger partial charge in [0.2, 0.25) is 5.91 Å². The highest BCUT2D eigenvalue weighted by Crippen LogP contribution is 2.26. The largest absolute Gasteiger partial charge is 0.489 e. The van der Waals surface area contributed by atoms with Crippen molar-refractivity contribution in [3.63, 3.8) is 0 Å². The van der Waals surface area contributed by atoms with Crippen LogP contribution in [0.25, 0.3) is 0 Å². The van der Waals surface area contributed by atoms with Gasteiger partial charge in [0.25, 0.3) is 0 Å². The van der Waals surface area contributed by atoms with Crippen LogP contribution in [0.15, 0.2) is 42.5 Å². The van der Waals surface area contributed by atoms with Gasteiger partial charge in [-0.3, -0.25) is 4.79 Å². The van der Waals surface area contributed by atoms with E-state index in [-0.39, 0.29) is 18.9 Å². The highest BCUT2D eigenvalue weighted by atomic mass is 35.5. The topological polar surface area (TPSA) is 76.7 Å². The first-order valence-electron chi connectivity index (χ1n) is 10.7. The first-order valence-corrected chi connectivity index (χ1v) is 11.5. The molecule has 0 unspecified atom stereocenters. The molecule has 8 heteroatoms. The molecule has 0 heterocycles. The molecule has 2 rings (SSSR count). The van der Waals surface area contributed by atoms with Gasteiger partial charge in [0.1, 0.15) is 24.0 Å². The van der Waals surface area contributed by atoms with Crippen LogP contribution in [0.1, 0.15) is 52.7 Å². The molecule has 1 atom stereocenters. The molecule has 2 N–H and O–H groups in total. The summed E-state index contributed by atoms with van der Waals surface area (Å²) in [4.78, 5) is 25.1. The number of nitrogens with one attached hydrogen (secondary N) is 2. The second kappa shape index (κ2) is 11.1. The van der Waals surface area contributed by atoms with Gasteiger partial charge >= 0.3 is 6.09 Å². The molecule has 0 spiro atoms. The van der Waals surface area contributed by atoms with E-state index in [2.05, 4.69) is 10.6 Å². The molecule has 2 amide bonds. The van der Waals surface area contributed by atoms with E-state index in [0.29, 0.717) is 21.4 Å². The van der Waals surface area contributed by atoms with E-state index in [0.717, 1.165) is 5.56 Å². The molecule has 180 valence electrons. The Kier molecular flexibility index (Phi) is 9.04. The Hall–Kier alpha value is -2.44. The first-order chi connectivity index (χ1) is 15.2. The minimum atomic E-state index is -0.798. The Bertz CT molecular complexity index is 944. The number of alkyl carbamates (subject to hydrolysis) is 1. The van der Waals surface area contributed by atoms with Gasteiger partial charge in [0, 0.05) is 27.6 Å². The number of hydrogen-bond donors (Lipinski definition) is 2. The van der Waals surface area contributed by atoms with Crippen LogP contribution in [0, 0.1) is 0 Å². The van der Waals surface area contributed by atoms with Crippen LogP contribution in [0.5, 0.6) is 5.75 Å². The normalized spacial score (nSPS) is 12.6. The van der Waals surface area contributed by atoms with Crippen LogP contribution >= 0.6 is 23.2 Å². The van der Waals surface area contributed by atoms with Crippen molar-refractivity contribution in [1.29, 1.82) is 0 Å². The summed E-state index contributed by atoms with van der Waals surface area (Å²) >= 11 is 12.4. The third kappa shape index (κ3) is 9.52. The Morgan fingerprint density at radius 1 is 0.939 bits per heavy atom. The second-order valence-electron chi connectivity index (χ2n) is 9.78. The van der Waals surface area contributed by atoms with E-state index in [1.807, 2.05) is 32.9 Å². The molecule has 0 aromatic heterocycles. The number of carbonyl (C=O) groups excluding carboxylic acids is 2. The van der Waals surface area contributed by atoms with Crippen LogP contribution in [0.4, 0.5) is 4.79 Å². The molecule has 0 aliphatic heterocycles. The summed E-state index contributed by atoms with van der Waals surface area (Å²) in [6.45, 7) is 11.2. The molecule has 0 bridgehead atoms. The lowest BCUT2D eigenvalue weighted by molar-refractivity contribution is -0.124. The molecule has 0 saturated carbocycles. The predicted molar refractivity (Wildman–Crippen MR) is 132 cm³/mol. The quantitative estimate of drug-likeness (QED) is 0.500. The molecule has 2 aromatic rings. The molecule has 6 nitrogen and oxygen atoms in total. The number of rotatable bonds is 7. The van der Waals surface area contributed by atoms with Gasteiger partial charge in [0.05, 0.1) is 0 Å². The number of carbonyl (C=O) groups is 2. The van der Waals surface area contributed by atoms with Gasteiger partial charge in [-0.05, 0) is 71.4 Å². The molecule has 0 aliphatic rings. The van der Waals surface area contributed by atoms with Crippen molar-refractivity contribution >= 4 is 35.2 Å². The maximum Gasteiger partial charge on any atom is 0.408 e. The molecule has 0 aliphatic carbocycles. The zero-order valence-electron chi connectivity index (χ0n) is 19.9. The number of halogens is 2. The van der Waals surface area contributed by atoms with Crippen LogP contribution in [0.3, 0.4) is 0 Å². The van der Waals surface area contributed by atoms with Gasteiger partial charge in [-0.25, -0.2) is 4.79 Å². The summed E-state index contributed by atoms with van der Waals surface area (Å²) in [5, 5.41) is 6.68. The first kappa shape index (κ1) is 26.8. The monoisotopic (exact) mass is 494 g/mol. The fraction of sp³-hybridized carbons (Fsp3) is 0.440. The SMILES string of the molecule is CC(C)(C)NC(=O)[C@H](Cc1ccc(OCc2c(Cl)cccc2Cl)cc1)NC(=O)OC(C)(C)C. The Morgan fingerprint density at radius 2 is 1.52 bits per heavy atom. The minimum Gasteiger partial charge on any atom is -0.489 e. The number of amides is 2. The van der Waals surface area contributed by atoms with E-state index in [4.69, 9.17) is 32.7 Å². The van der Waals surface area contributed by atoms with Gasteiger partial charge < -0.3 is 20.1 Å². The van der Waals surface area contributed by atoms with Crippen molar-refractivity contribution in [3.05, 3.63) is 63.6 Å². The zero-order valence-corrected chi connectivity index (χ0v) is 21.4. The average Bonchev–Trinajstić information content (AvgIpc) is 2.65. The molecule has 0 radical (unpaired) electrons. The molecule has 0 saturated heterocycles. The number of hydrogen-bond acceptors (Lipinski definition) is 4. The van der Waals surface area contributed by atoms with E-state index < -0.39 is 23.3 Å². The summed E-state index contributed by atoms with van der Waals surface area (Å²) in [6, 6.07) is 11.8. The van der Waals surface area contributed by atoms with Gasteiger partial charge in [0.15, 0.2) is 0 Å². The van der Waals surface area contributed by atoms with Crippen molar-refractivity contribution in [2.75, 3.05) is 0 Å². The van der Waals surface area contributed by atoms with Crippen LogP contribution in [-0.2, 0) is 22.6 Å². The smallest absolute Gasteiger partial charge is 0.408 e. The second-order valence-corrected chi connectivity index (χ2v) is 10.6. The summed E-state index contributed by atoms with van der Waals surface area (Å²) < 4.78 is 11.1. The van der Waals surface area contributed by atoms with E-state index >= 15 is 0 Å². The van der Waals surface area contributed by atoms with Crippen LogP contribution in [0.2, 0.25) is 10.0 Å². The van der Waals surface area contributed by atoms with Crippen LogP contribution < -0.4 is 15.4 Å². The molecule has 0 fully saturated rings. The van der Waals surface area contributed by atoms with Gasteiger partial charge in [-0.15, -0.1) is 0 Å². The van der Waals surface area contributed by atoms with E-state index in [1.165, 1.54) is 0 Å². The van der Waals surface area contributed by atoms with E-state index in [1.54, 1.807) is 51.1 Å². The molecular formula is C25H32Cl2N2O4. The van der Waals surface area contributed by atoms with Crippen molar-refractivity contribution in [2.45, 2.75) is 71.8 Å². The van der Waals surface area contributed by atoms with Crippen molar-refractivity contribution in [1.82, 2.24) is 10.6 Å². The zero-order chi connectivity index (χ0) is 24.8. The fourth-order valence-electron chi connectivity index (χ4n) is 2.90. The number of benzene rings is 2. The summed E-state index contributed by atoms with van der Waals surface area (Å²) in [6.07, 6.45) is -0.356. The lowest BCUT2D eigenvalue weighted by Crippen LogP contribution is -2.53. The van der Waals surface area contributed by atoms with Crippen molar-refractivity contribution in [3.8, 4) is 5.75 Å². The van der Waals surface area contributed by atoms with Crippen molar-refractivity contribution < 1.29 is 19.1 Å². The van der Waals surface area contributed by atoms with E-state index in [9.17, 15) is 9.59 Å². The molecule has 2 aromatic carbocycles. The Balaban J connectivity index is 2.08. The third-order valence-electron chi connectivity index (χ3n) is 4.31. The maximum atomic E-state index is 12.8. The van der Waals surface area contributed by atoms with Crippen LogP contribution in [-0.4, -0.2) is 29.2 Å². The predicted octanol–water partition coefficient (Wildman–Crippen LogP) is 5.92. The summed E-state index contributed by atoms with van der Waals surface area (Å²) in [5.74, 6) is 0.340. The fourth-order valence-corrected chi connectivity index (χ4v) is 3.41. The Labute approximate surface area is 205 Å². The molecular weight excluding hydrogens is 463 g/mol. The lowest BCUT2D eigenvalue weighted by Gasteiger charge is -2.27. The van der Waals surface area contributed by atoms with Gasteiger partial charge in [-0.2, -0.15) is 0 Å².